The van der Waals surface area contributed by atoms with Crippen molar-refractivity contribution in [1.82, 2.24) is 19.7 Å². The summed E-state index contributed by atoms with van der Waals surface area (Å²) < 4.78 is 37.0. The van der Waals surface area contributed by atoms with Gasteiger partial charge in [0.15, 0.2) is 22.9 Å². The number of anilines is 1. The van der Waals surface area contributed by atoms with Crippen LogP contribution in [0.25, 0.3) is 16.6 Å². The zero-order valence-corrected chi connectivity index (χ0v) is 21.7. The van der Waals surface area contributed by atoms with Crippen molar-refractivity contribution in [3.05, 3.63) is 78.6 Å². The van der Waals surface area contributed by atoms with Crippen LogP contribution in [-0.2, 0) is 0 Å². The summed E-state index contributed by atoms with van der Waals surface area (Å²) in [6.07, 6.45) is 4.51. The second-order valence-corrected chi connectivity index (χ2v) is 8.32. The Morgan fingerprint density at radius 2 is 1.80 bits per heavy atom. The zero-order chi connectivity index (χ0) is 28.2. The van der Waals surface area contributed by atoms with Gasteiger partial charge >= 0.3 is 0 Å². The normalized spacial score (nSPS) is 10.8. The first-order valence-corrected chi connectivity index (χ1v) is 12.1. The van der Waals surface area contributed by atoms with E-state index in [9.17, 15) is 14.3 Å². The van der Waals surface area contributed by atoms with Crippen LogP contribution in [0.3, 0.4) is 0 Å². The number of benzene rings is 2. The van der Waals surface area contributed by atoms with E-state index in [1.165, 1.54) is 29.2 Å². The number of amides is 1. The first-order valence-electron chi connectivity index (χ1n) is 12.1. The number of carbonyl (C=O) groups is 1. The Balaban J connectivity index is 1.35. The monoisotopic (exact) mass is 545 g/mol. The van der Waals surface area contributed by atoms with E-state index in [1.54, 1.807) is 57.7 Å². The SMILES string of the molecule is CCOc1cn(-c2ccc(F)cc2O)nc1C(=O)Nc1ccc(Oc2ccnc3cc(OC)c(OC)cc23)cn1. The van der Waals surface area contributed by atoms with Gasteiger partial charge in [-0.25, -0.2) is 14.1 Å². The van der Waals surface area contributed by atoms with E-state index < -0.39 is 11.7 Å². The van der Waals surface area contributed by atoms with Gasteiger partial charge < -0.3 is 29.4 Å². The predicted octanol–water partition coefficient (Wildman–Crippen LogP) is 5.12. The van der Waals surface area contributed by atoms with Gasteiger partial charge in [-0.3, -0.25) is 9.78 Å². The molecule has 12 heteroatoms. The van der Waals surface area contributed by atoms with E-state index in [0.717, 1.165) is 6.07 Å². The molecule has 0 aliphatic rings. The number of hydrogen-bond donors (Lipinski definition) is 2. The molecule has 5 rings (SSSR count). The molecule has 5 aromatic rings. The summed E-state index contributed by atoms with van der Waals surface area (Å²) in [5.74, 6) is 0.922. The molecule has 0 saturated heterocycles. The smallest absolute Gasteiger partial charge is 0.281 e. The number of pyridine rings is 2. The quantitative estimate of drug-likeness (QED) is 0.259. The highest BCUT2D eigenvalue weighted by atomic mass is 19.1. The van der Waals surface area contributed by atoms with Crippen molar-refractivity contribution in [1.29, 1.82) is 0 Å². The average molecular weight is 546 g/mol. The van der Waals surface area contributed by atoms with Gasteiger partial charge in [-0.2, -0.15) is 5.10 Å². The Bertz CT molecular complexity index is 1690. The molecule has 11 nitrogen and oxygen atoms in total. The average Bonchev–Trinajstić information content (AvgIpc) is 3.37. The number of methoxy groups -OCH3 is 2. The minimum Gasteiger partial charge on any atom is -0.506 e. The lowest BCUT2D eigenvalue weighted by Gasteiger charge is -2.12. The third kappa shape index (κ3) is 5.27. The number of aromatic hydroxyl groups is 1. The summed E-state index contributed by atoms with van der Waals surface area (Å²) in [5, 5.41) is 17.7. The minimum absolute atomic E-state index is 0.0414. The lowest BCUT2D eigenvalue weighted by atomic mass is 10.2. The number of ether oxygens (including phenoxy) is 4. The molecule has 0 aliphatic carbocycles. The van der Waals surface area contributed by atoms with Crippen LogP contribution in [0.4, 0.5) is 10.2 Å². The molecule has 40 heavy (non-hydrogen) atoms. The fourth-order valence-corrected chi connectivity index (χ4v) is 3.94. The van der Waals surface area contributed by atoms with Gasteiger partial charge in [0, 0.05) is 23.7 Å². The number of fused-ring (bicyclic) bond motifs is 1. The molecule has 0 atom stereocenters. The number of rotatable bonds is 9. The van der Waals surface area contributed by atoms with Crippen LogP contribution in [0, 0.1) is 5.82 Å². The molecule has 1 amide bonds. The van der Waals surface area contributed by atoms with Gasteiger partial charge in [-0.1, -0.05) is 0 Å². The van der Waals surface area contributed by atoms with E-state index in [2.05, 4.69) is 20.4 Å². The number of phenols is 1. The van der Waals surface area contributed by atoms with E-state index >= 15 is 0 Å². The van der Waals surface area contributed by atoms with E-state index in [4.69, 9.17) is 18.9 Å². The van der Waals surface area contributed by atoms with Gasteiger partial charge in [-0.15, -0.1) is 0 Å². The second kappa shape index (κ2) is 11.2. The third-order valence-corrected chi connectivity index (χ3v) is 5.79. The molecule has 0 radical (unpaired) electrons. The number of nitrogens with zero attached hydrogens (tertiary/aromatic N) is 4. The van der Waals surface area contributed by atoms with Crippen molar-refractivity contribution in [3.8, 4) is 40.2 Å². The lowest BCUT2D eigenvalue weighted by Crippen LogP contribution is -2.15. The van der Waals surface area contributed by atoms with Gasteiger partial charge in [-0.05, 0) is 43.3 Å². The van der Waals surface area contributed by atoms with Crippen LogP contribution in [0.2, 0.25) is 0 Å². The standard InChI is InChI=1S/C28H24FN5O6/c1-4-39-25-15-34(20-7-5-16(29)11-21(20)35)33-27(25)28(36)32-26-8-6-17(14-31-26)40-22-9-10-30-19-13-24(38-3)23(37-2)12-18(19)22/h5-15,35H,4H2,1-3H3,(H,31,32,36). The molecule has 2 aromatic carbocycles. The summed E-state index contributed by atoms with van der Waals surface area (Å²) in [6, 6.07) is 11.9. The van der Waals surface area contributed by atoms with Crippen molar-refractivity contribution >= 4 is 22.6 Å². The predicted molar refractivity (Wildman–Crippen MR) is 143 cm³/mol. The highest BCUT2D eigenvalue weighted by Crippen LogP contribution is 2.37. The largest absolute Gasteiger partial charge is 0.506 e. The maximum absolute atomic E-state index is 13.4. The Labute approximate surface area is 227 Å². The molecular weight excluding hydrogens is 521 g/mol. The first kappa shape index (κ1) is 26.2. The Hall–Kier alpha value is -5.39. The van der Waals surface area contributed by atoms with Gasteiger partial charge in [0.2, 0.25) is 0 Å². The van der Waals surface area contributed by atoms with Gasteiger partial charge in [0.25, 0.3) is 5.91 Å². The summed E-state index contributed by atoms with van der Waals surface area (Å²) in [7, 11) is 3.10. The highest BCUT2D eigenvalue weighted by Gasteiger charge is 2.21. The van der Waals surface area contributed by atoms with Crippen molar-refractivity contribution in [2.45, 2.75) is 6.92 Å². The summed E-state index contributed by atoms with van der Waals surface area (Å²) in [5.41, 5.74) is 0.798. The molecule has 3 heterocycles. The Kier molecular flexibility index (Phi) is 7.31. The summed E-state index contributed by atoms with van der Waals surface area (Å²) >= 11 is 0. The van der Waals surface area contributed by atoms with E-state index in [-0.39, 0.29) is 35.3 Å². The molecule has 0 fully saturated rings. The molecule has 0 bridgehead atoms. The Morgan fingerprint density at radius 1 is 1.00 bits per heavy atom. The summed E-state index contributed by atoms with van der Waals surface area (Å²) in [6.45, 7) is 2.03. The number of aromatic nitrogens is 4. The van der Waals surface area contributed by atoms with Crippen molar-refractivity contribution in [3.63, 3.8) is 0 Å². The minimum atomic E-state index is -0.605. The van der Waals surface area contributed by atoms with Gasteiger partial charge in [0.05, 0.1) is 38.7 Å². The maximum atomic E-state index is 13.4. The third-order valence-electron chi connectivity index (χ3n) is 5.79. The highest BCUT2D eigenvalue weighted by molar-refractivity contribution is 6.04. The lowest BCUT2D eigenvalue weighted by molar-refractivity contribution is 0.101. The van der Waals surface area contributed by atoms with E-state index in [0.29, 0.717) is 33.9 Å². The molecule has 0 saturated carbocycles. The van der Waals surface area contributed by atoms with Crippen LogP contribution >= 0.6 is 0 Å². The Morgan fingerprint density at radius 3 is 2.50 bits per heavy atom. The van der Waals surface area contributed by atoms with Gasteiger partial charge in [0.1, 0.15) is 34.6 Å². The number of hydrogen-bond acceptors (Lipinski definition) is 9. The van der Waals surface area contributed by atoms with Crippen molar-refractivity contribution in [2.24, 2.45) is 0 Å². The summed E-state index contributed by atoms with van der Waals surface area (Å²) in [4.78, 5) is 21.7. The number of carbonyl (C=O) groups excluding carboxylic acids is 1. The fourth-order valence-electron chi connectivity index (χ4n) is 3.94. The van der Waals surface area contributed by atoms with Crippen LogP contribution in [-0.4, -0.2) is 51.6 Å². The van der Waals surface area contributed by atoms with Crippen LogP contribution < -0.4 is 24.3 Å². The van der Waals surface area contributed by atoms with Crippen LogP contribution in [0.15, 0.2) is 67.1 Å². The second-order valence-electron chi connectivity index (χ2n) is 8.32. The molecule has 204 valence electrons. The molecular formula is C28H24FN5O6. The molecule has 3 aromatic heterocycles. The first-order chi connectivity index (χ1) is 19.4. The molecule has 0 aliphatic heterocycles. The number of halogens is 1. The molecule has 0 unspecified atom stereocenters. The topological polar surface area (TPSA) is 130 Å². The zero-order valence-electron chi connectivity index (χ0n) is 21.7. The maximum Gasteiger partial charge on any atom is 0.281 e. The number of nitrogens with one attached hydrogen (secondary N) is 1. The molecule has 0 spiro atoms. The van der Waals surface area contributed by atoms with Crippen LogP contribution in [0.1, 0.15) is 17.4 Å². The van der Waals surface area contributed by atoms with Crippen LogP contribution in [0.5, 0.6) is 34.5 Å². The fraction of sp³-hybridized carbons (Fsp3) is 0.143. The van der Waals surface area contributed by atoms with Crippen molar-refractivity contribution in [2.75, 3.05) is 26.1 Å². The number of phenolic OH excluding ortho intramolecular Hbond substituents is 1. The van der Waals surface area contributed by atoms with Crippen molar-refractivity contribution < 1.29 is 33.2 Å². The van der Waals surface area contributed by atoms with E-state index in [1.807, 2.05) is 0 Å². The molecule has 2 N–H and O–H groups in total.